The lowest BCUT2D eigenvalue weighted by atomic mass is 9.97. The topological polar surface area (TPSA) is 114 Å². The molecule has 1 spiro atoms. The van der Waals surface area contributed by atoms with Crippen LogP contribution in [0.3, 0.4) is 0 Å². The fourth-order valence-corrected chi connectivity index (χ4v) is 7.00. The second kappa shape index (κ2) is 11.3. The molecule has 218 valence electrons. The van der Waals surface area contributed by atoms with E-state index in [-0.39, 0.29) is 16.6 Å². The molecule has 5 rings (SSSR count). The van der Waals surface area contributed by atoms with Crippen LogP contribution in [-0.4, -0.2) is 42.9 Å². The van der Waals surface area contributed by atoms with Crippen LogP contribution in [0.1, 0.15) is 74.3 Å². The van der Waals surface area contributed by atoms with Gasteiger partial charge < -0.3 is 9.26 Å². The highest BCUT2D eigenvalue weighted by atomic mass is 32.2. The molecular weight excluding hydrogens is 540 g/mol. The Morgan fingerprint density at radius 1 is 1.10 bits per heavy atom. The zero-order chi connectivity index (χ0) is 29.4. The molecule has 0 atom stereocenters. The van der Waals surface area contributed by atoms with Crippen molar-refractivity contribution in [2.45, 2.75) is 89.6 Å². The molecule has 1 aromatic heterocycles. The fraction of sp³-hybridized carbons (Fsp3) is 0.452. The lowest BCUT2D eigenvalue weighted by Crippen LogP contribution is -2.40. The Kier molecular flexibility index (Phi) is 7.96. The summed E-state index contributed by atoms with van der Waals surface area (Å²) in [6.07, 6.45) is 6.56. The number of hydrogen-bond donors (Lipinski definition) is 1. The standard InChI is InChI=1S/C31H38N4O5S/c1-6-7-10-28-32-31(15-8-9-16-31)30(36)35(28)19-24-12-11-23(17-20(24)2)26-14-13-25(39-5)18-27(26)41(37,38)34-29-21(3)22(4)40-33-29/h11-14,17-18H,6-10,15-16,19H2,1-5H3,(H,33,34). The quantitative estimate of drug-likeness (QED) is 0.301. The summed E-state index contributed by atoms with van der Waals surface area (Å²) in [6.45, 7) is 8.06. The molecule has 0 bridgehead atoms. The normalized spacial score (nSPS) is 16.5. The molecule has 9 nitrogen and oxygen atoms in total. The number of hydrogen-bond acceptors (Lipinski definition) is 7. The van der Waals surface area contributed by atoms with Crippen LogP contribution in [0.15, 0.2) is 50.8 Å². The highest BCUT2D eigenvalue weighted by Gasteiger charge is 2.49. The van der Waals surface area contributed by atoms with Gasteiger partial charge in [0.1, 0.15) is 22.9 Å². The van der Waals surface area contributed by atoms with E-state index in [4.69, 9.17) is 14.3 Å². The monoisotopic (exact) mass is 578 g/mol. The van der Waals surface area contributed by atoms with Crippen molar-refractivity contribution < 1.29 is 22.5 Å². The van der Waals surface area contributed by atoms with E-state index in [0.717, 1.165) is 67.5 Å². The second-order valence-corrected chi connectivity index (χ2v) is 12.7. The van der Waals surface area contributed by atoms with Crippen LogP contribution in [0.25, 0.3) is 11.1 Å². The first-order chi connectivity index (χ1) is 19.6. The van der Waals surface area contributed by atoms with Crippen LogP contribution in [0.4, 0.5) is 5.82 Å². The second-order valence-electron chi connectivity index (χ2n) is 11.1. The number of aliphatic imine (C=N–C) groups is 1. The molecule has 3 aromatic rings. The molecule has 1 N–H and O–H groups in total. The van der Waals surface area contributed by atoms with Gasteiger partial charge in [0, 0.05) is 23.6 Å². The van der Waals surface area contributed by atoms with E-state index in [0.29, 0.717) is 29.2 Å². The molecule has 0 unspecified atom stereocenters. The Labute approximate surface area is 242 Å². The van der Waals surface area contributed by atoms with Crippen molar-refractivity contribution in [2.75, 3.05) is 11.8 Å². The molecule has 41 heavy (non-hydrogen) atoms. The summed E-state index contributed by atoms with van der Waals surface area (Å²) in [4.78, 5) is 20.6. The molecule has 2 aromatic carbocycles. The number of benzene rings is 2. The smallest absolute Gasteiger partial charge is 0.263 e. The Hall–Kier alpha value is -3.66. The summed E-state index contributed by atoms with van der Waals surface area (Å²) in [5.41, 5.74) is 3.28. The Morgan fingerprint density at radius 3 is 2.49 bits per heavy atom. The number of nitrogens with zero attached hydrogens (tertiary/aromatic N) is 3. The maximum Gasteiger partial charge on any atom is 0.263 e. The number of rotatable bonds is 10. The minimum absolute atomic E-state index is 0.0657. The van der Waals surface area contributed by atoms with Gasteiger partial charge in [0.15, 0.2) is 5.82 Å². The maximum absolute atomic E-state index is 13.6. The number of anilines is 1. The Balaban J connectivity index is 1.46. The third-order valence-corrected chi connectivity index (χ3v) is 9.71. The molecule has 1 aliphatic carbocycles. The number of unbranched alkanes of at least 4 members (excludes halogenated alkanes) is 1. The number of carbonyl (C=O) groups is 1. The average Bonchev–Trinajstić information content (AvgIpc) is 3.63. The predicted octanol–water partition coefficient (Wildman–Crippen LogP) is 6.32. The molecule has 1 amide bonds. The van der Waals surface area contributed by atoms with Crippen molar-refractivity contribution in [3.8, 4) is 16.9 Å². The lowest BCUT2D eigenvalue weighted by molar-refractivity contribution is -0.131. The van der Waals surface area contributed by atoms with E-state index < -0.39 is 15.6 Å². The van der Waals surface area contributed by atoms with Gasteiger partial charge in [-0.1, -0.05) is 49.5 Å². The molecule has 2 aliphatic rings. The highest BCUT2D eigenvalue weighted by Crippen LogP contribution is 2.40. The van der Waals surface area contributed by atoms with Crippen LogP contribution < -0.4 is 9.46 Å². The van der Waals surface area contributed by atoms with Gasteiger partial charge >= 0.3 is 0 Å². The number of nitrogens with one attached hydrogen (secondary N) is 1. The lowest BCUT2D eigenvalue weighted by Gasteiger charge is -2.23. The van der Waals surface area contributed by atoms with Gasteiger partial charge in [0.25, 0.3) is 15.9 Å². The van der Waals surface area contributed by atoms with Crippen LogP contribution in [0, 0.1) is 20.8 Å². The molecule has 10 heteroatoms. The van der Waals surface area contributed by atoms with Gasteiger partial charge in [-0.3, -0.25) is 19.4 Å². The van der Waals surface area contributed by atoms with Crippen molar-refractivity contribution in [1.29, 1.82) is 0 Å². The fourth-order valence-electron chi connectivity index (χ4n) is 5.69. The van der Waals surface area contributed by atoms with Crippen LogP contribution in [0.2, 0.25) is 0 Å². The minimum Gasteiger partial charge on any atom is -0.497 e. The number of methoxy groups -OCH3 is 1. The van der Waals surface area contributed by atoms with Crippen LogP contribution in [-0.2, 0) is 21.4 Å². The number of ether oxygens (including phenoxy) is 1. The van der Waals surface area contributed by atoms with E-state index in [1.165, 1.54) is 13.2 Å². The zero-order valence-electron chi connectivity index (χ0n) is 24.4. The number of sulfonamides is 1. The van der Waals surface area contributed by atoms with E-state index >= 15 is 0 Å². The number of amidine groups is 1. The summed E-state index contributed by atoms with van der Waals surface area (Å²) in [7, 11) is -2.54. The van der Waals surface area contributed by atoms with Crippen molar-refractivity contribution in [3.63, 3.8) is 0 Å². The third kappa shape index (κ3) is 5.49. The van der Waals surface area contributed by atoms with Gasteiger partial charge in [-0.15, -0.1) is 0 Å². The number of amides is 1. The SMILES string of the molecule is CCCCC1=NC2(CCCC2)C(=O)N1Cc1ccc(-c2ccc(OC)cc2S(=O)(=O)Nc2noc(C)c2C)cc1C. The Morgan fingerprint density at radius 2 is 1.85 bits per heavy atom. The van der Waals surface area contributed by atoms with E-state index in [1.54, 1.807) is 26.0 Å². The van der Waals surface area contributed by atoms with Gasteiger partial charge in [0.05, 0.1) is 18.6 Å². The summed E-state index contributed by atoms with van der Waals surface area (Å²) >= 11 is 0. The first-order valence-corrected chi connectivity index (χ1v) is 15.7. The van der Waals surface area contributed by atoms with Gasteiger partial charge in [0.2, 0.25) is 0 Å². The van der Waals surface area contributed by atoms with Crippen molar-refractivity contribution >= 4 is 27.6 Å². The minimum atomic E-state index is -4.03. The van der Waals surface area contributed by atoms with Crippen molar-refractivity contribution in [1.82, 2.24) is 10.1 Å². The summed E-state index contributed by atoms with van der Waals surface area (Å²) < 4.78 is 40.2. The molecule has 1 saturated carbocycles. The van der Waals surface area contributed by atoms with Crippen LogP contribution >= 0.6 is 0 Å². The molecular formula is C31H38N4O5S. The van der Waals surface area contributed by atoms with E-state index in [2.05, 4.69) is 16.8 Å². The van der Waals surface area contributed by atoms with Gasteiger partial charge in [-0.2, -0.15) is 0 Å². The molecule has 1 fully saturated rings. The number of carbonyl (C=O) groups excluding carboxylic acids is 1. The van der Waals surface area contributed by atoms with Gasteiger partial charge in [-0.25, -0.2) is 8.42 Å². The van der Waals surface area contributed by atoms with Gasteiger partial charge in [-0.05, 0) is 68.9 Å². The first kappa shape index (κ1) is 28.9. The average molecular weight is 579 g/mol. The van der Waals surface area contributed by atoms with E-state index in [9.17, 15) is 13.2 Å². The molecule has 1 aliphatic heterocycles. The largest absolute Gasteiger partial charge is 0.497 e. The number of aromatic nitrogens is 1. The Bertz CT molecular complexity index is 1600. The predicted molar refractivity (Wildman–Crippen MR) is 159 cm³/mol. The first-order valence-electron chi connectivity index (χ1n) is 14.2. The molecule has 2 heterocycles. The van der Waals surface area contributed by atoms with Crippen molar-refractivity contribution in [2.24, 2.45) is 4.99 Å². The zero-order valence-corrected chi connectivity index (χ0v) is 25.2. The van der Waals surface area contributed by atoms with Crippen LogP contribution in [0.5, 0.6) is 5.75 Å². The number of aryl methyl sites for hydroxylation is 2. The molecule has 0 saturated heterocycles. The third-order valence-electron chi connectivity index (χ3n) is 8.33. The van der Waals surface area contributed by atoms with Crippen molar-refractivity contribution in [3.05, 3.63) is 58.8 Å². The highest BCUT2D eigenvalue weighted by molar-refractivity contribution is 7.92. The molecule has 0 radical (unpaired) electrons. The maximum atomic E-state index is 13.6. The summed E-state index contributed by atoms with van der Waals surface area (Å²) in [5, 5.41) is 3.86. The van der Waals surface area contributed by atoms with E-state index in [1.807, 2.05) is 30.0 Å². The summed E-state index contributed by atoms with van der Waals surface area (Å²) in [6, 6.07) is 10.8. The summed E-state index contributed by atoms with van der Waals surface area (Å²) in [5.74, 6) is 2.13.